The summed E-state index contributed by atoms with van der Waals surface area (Å²) in [4.78, 5) is 91.0. The number of hydrogen-bond acceptors (Lipinski definition) is 13. The summed E-state index contributed by atoms with van der Waals surface area (Å²) >= 11 is 0. The Bertz CT molecular complexity index is 2410. The van der Waals surface area contributed by atoms with Crippen LogP contribution in [0.2, 0.25) is 0 Å². The molecule has 17 nitrogen and oxygen atoms in total. The molecule has 0 spiro atoms. The van der Waals surface area contributed by atoms with Gasteiger partial charge >= 0.3 is 5.92 Å². The second-order valence-corrected chi connectivity index (χ2v) is 18.0. The lowest BCUT2D eigenvalue weighted by Gasteiger charge is -2.32. The van der Waals surface area contributed by atoms with Gasteiger partial charge in [-0.05, 0) is 69.7 Å². The maximum absolute atomic E-state index is 15.6. The van der Waals surface area contributed by atoms with Crippen LogP contribution in [-0.4, -0.2) is 126 Å². The lowest BCUT2D eigenvalue weighted by molar-refractivity contribution is -0.140. The van der Waals surface area contributed by atoms with Crippen LogP contribution in [-0.2, 0) is 14.4 Å². The van der Waals surface area contributed by atoms with E-state index in [1.165, 1.54) is 31.3 Å². The van der Waals surface area contributed by atoms with E-state index in [4.69, 9.17) is 4.74 Å². The van der Waals surface area contributed by atoms with Gasteiger partial charge in [0, 0.05) is 56.9 Å². The van der Waals surface area contributed by atoms with Crippen LogP contribution in [0.15, 0.2) is 36.5 Å². The van der Waals surface area contributed by atoms with Gasteiger partial charge in [-0.25, -0.2) is 9.37 Å². The summed E-state index contributed by atoms with van der Waals surface area (Å²) in [5.74, 6) is -8.13. The van der Waals surface area contributed by atoms with Gasteiger partial charge in [-0.15, -0.1) is 0 Å². The molecule has 2 saturated heterocycles. The minimum absolute atomic E-state index is 0.0179. The highest BCUT2D eigenvalue weighted by Crippen LogP contribution is 2.40. The molecule has 0 bridgehead atoms. The van der Waals surface area contributed by atoms with Crippen LogP contribution < -0.4 is 35.8 Å². The van der Waals surface area contributed by atoms with Crippen molar-refractivity contribution < 1.29 is 46.7 Å². The summed E-state index contributed by atoms with van der Waals surface area (Å²) < 4.78 is 51.2. The highest BCUT2D eigenvalue weighted by molar-refractivity contribution is 6.25. The maximum Gasteiger partial charge on any atom is 0.342 e. The number of benzene rings is 2. The molecule has 8 rings (SSSR count). The highest BCUT2D eigenvalue weighted by Gasteiger charge is 2.49. The highest BCUT2D eigenvalue weighted by atomic mass is 19.3. The Balaban J connectivity index is 0.749. The van der Waals surface area contributed by atoms with Crippen molar-refractivity contribution in [3.05, 3.63) is 59.0 Å². The van der Waals surface area contributed by atoms with E-state index in [0.29, 0.717) is 25.1 Å². The summed E-state index contributed by atoms with van der Waals surface area (Å²) in [7, 11) is 2.65. The Morgan fingerprint density at radius 1 is 0.925 bits per heavy atom. The Morgan fingerprint density at radius 2 is 1.66 bits per heavy atom. The number of hydrogen-bond donors (Lipinski definition) is 4. The third kappa shape index (κ3) is 10.2. The Morgan fingerprint density at radius 3 is 2.39 bits per heavy atom. The van der Waals surface area contributed by atoms with Gasteiger partial charge in [0.15, 0.2) is 5.82 Å². The van der Waals surface area contributed by atoms with Gasteiger partial charge < -0.3 is 35.4 Å². The molecular weight excluding hydrogens is 874 g/mol. The maximum atomic E-state index is 15.6. The van der Waals surface area contributed by atoms with E-state index < -0.39 is 59.8 Å². The van der Waals surface area contributed by atoms with Crippen molar-refractivity contribution in [3.8, 4) is 5.75 Å². The molecule has 3 fully saturated rings. The average Bonchev–Trinajstić information content (AvgIpc) is 3.92. The number of imide groups is 2. The number of carbonyl (C=O) groups excluding carboxylic acids is 6. The number of ether oxygens (including phenoxy) is 1. The third-order valence-corrected chi connectivity index (χ3v) is 13.5. The number of unbranched alkanes of at least 4 members (excludes halogenated alkanes) is 5. The fraction of sp³-hybridized carbons (Fsp3) is 0.532. The van der Waals surface area contributed by atoms with Gasteiger partial charge in [-0.2, -0.15) is 13.8 Å². The summed E-state index contributed by atoms with van der Waals surface area (Å²) in [6.07, 6.45) is 12.1. The molecule has 358 valence electrons. The molecule has 1 unspecified atom stereocenters. The molecule has 4 N–H and O–H groups in total. The standard InChI is InChI=1S/C47H57F3N10O7/c1-57-36-26-52-46(56-40(36)59(29-12-7-8-13-29)27-47(49,50)45(57)66)54-34-25-32(48)31(24-37(34)67-2)41(62)53-28-18-22-58(23-19-28)21-10-6-4-3-5-9-20-51-33-15-11-14-30-39(33)44(65)60(43(30)64)35-16-17-38(61)55-42(35)63/h11,14-15,24-26,28-29,35,51H,3-10,12-13,16-23,27H2,1-2H3,(H,53,62)(H,52,54,56)(H,55,61,63). The molecule has 1 atom stereocenters. The van der Waals surface area contributed by atoms with Crippen molar-refractivity contribution in [3.63, 3.8) is 0 Å². The van der Waals surface area contributed by atoms with Crippen molar-refractivity contribution in [2.75, 3.05) is 67.3 Å². The van der Waals surface area contributed by atoms with Gasteiger partial charge in [0.25, 0.3) is 23.6 Å². The van der Waals surface area contributed by atoms with Crippen LogP contribution in [0.3, 0.4) is 0 Å². The van der Waals surface area contributed by atoms with E-state index in [2.05, 4.69) is 36.1 Å². The van der Waals surface area contributed by atoms with Crippen molar-refractivity contribution in [1.82, 2.24) is 30.4 Å². The molecule has 20 heteroatoms. The first-order valence-corrected chi connectivity index (χ1v) is 23.3. The van der Waals surface area contributed by atoms with E-state index in [1.54, 1.807) is 18.2 Å². The number of alkyl halides is 2. The molecule has 5 aliphatic rings. The number of halogens is 3. The van der Waals surface area contributed by atoms with Crippen LogP contribution in [0.1, 0.15) is 121 Å². The Hall–Kier alpha value is -6.31. The average molecular weight is 931 g/mol. The van der Waals surface area contributed by atoms with Crippen molar-refractivity contribution in [2.24, 2.45) is 0 Å². The number of anilines is 5. The molecular formula is C47H57F3N10O7. The second-order valence-electron chi connectivity index (χ2n) is 18.0. The van der Waals surface area contributed by atoms with Gasteiger partial charge in [0.1, 0.15) is 23.3 Å². The number of piperidine rings is 2. The molecule has 2 aromatic carbocycles. The molecule has 6 amide bonds. The lowest BCUT2D eigenvalue weighted by atomic mass is 10.0. The molecule has 1 aliphatic carbocycles. The van der Waals surface area contributed by atoms with Crippen LogP contribution in [0.25, 0.3) is 0 Å². The normalized spacial score (nSPS) is 20.2. The van der Waals surface area contributed by atoms with Crippen LogP contribution in [0.4, 0.5) is 42.0 Å². The Kier molecular flexibility index (Phi) is 14.3. The van der Waals surface area contributed by atoms with Crippen molar-refractivity contribution >= 4 is 64.3 Å². The number of methoxy groups -OCH3 is 1. The van der Waals surface area contributed by atoms with Crippen LogP contribution >= 0.6 is 0 Å². The quantitative estimate of drug-likeness (QED) is 0.0941. The zero-order valence-corrected chi connectivity index (χ0v) is 37.8. The molecule has 67 heavy (non-hydrogen) atoms. The number of likely N-dealkylation sites (tertiary alicyclic amines) is 1. The van der Waals surface area contributed by atoms with E-state index in [-0.39, 0.29) is 70.5 Å². The monoisotopic (exact) mass is 930 g/mol. The fourth-order valence-corrected chi connectivity index (χ4v) is 9.84. The SMILES string of the molecule is COc1cc(C(=O)NC2CCN(CCCCCCCCNc3cccc4c3C(=O)N(C3CCC(=O)NC3=O)C4=O)CC2)c(F)cc1Nc1ncc2c(n1)N(C1CCCC1)CC(F)(F)C(=O)N2C. The molecule has 1 saturated carbocycles. The second kappa shape index (κ2) is 20.3. The zero-order chi connectivity index (χ0) is 47.4. The van der Waals surface area contributed by atoms with Crippen LogP contribution in [0, 0.1) is 5.82 Å². The van der Waals surface area contributed by atoms with E-state index >= 15 is 13.2 Å². The smallest absolute Gasteiger partial charge is 0.342 e. The fourth-order valence-electron chi connectivity index (χ4n) is 9.84. The molecule has 3 aromatic rings. The summed E-state index contributed by atoms with van der Waals surface area (Å²) in [6, 6.07) is 6.10. The number of nitrogens with zero attached hydrogens (tertiary/aromatic N) is 6. The summed E-state index contributed by atoms with van der Waals surface area (Å²) in [5.41, 5.74) is 1.15. The minimum atomic E-state index is -3.63. The first-order valence-electron chi connectivity index (χ1n) is 23.3. The largest absolute Gasteiger partial charge is 0.495 e. The predicted octanol–water partition coefficient (Wildman–Crippen LogP) is 5.78. The third-order valence-electron chi connectivity index (χ3n) is 13.5. The number of fused-ring (bicyclic) bond motifs is 2. The van der Waals surface area contributed by atoms with Gasteiger partial charge in [-0.1, -0.05) is 44.6 Å². The van der Waals surface area contributed by atoms with E-state index in [0.717, 1.165) is 99.7 Å². The summed E-state index contributed by atoms with van der Waals surface area (Å²) in [5, 5.41) is 11.4. The summed E-state index contributed by atoms with van der Waals surface area (Å²) in [6.45, 7) is 2.35. The number of nitrogens with one attached hydrogen (secondary N) is 4. The molecule has 0 radical (unpaired) electrons. The zero-order valence-electron chi connectivity index (χ0n) is 37.8. The predicted molar refractivity (Wildman–Crippen MR) is 242 cm³/mol. The van der Waals surface area contributed by atoms with Gasteiger partial charge in [0.05, 0.1) is 42.2 Å². The molecule has 5 heterocycles. The first-order chi connectivity index (χ1) is 32.2. The van der Waals surface area contributed by atoms with E-state index in [1.807, 2.05) is 0 Å². The Labute approximate surface area is 386 Å². The van der Waals surface area contributed by atoms with Crippen LogP contribution in [0.5, 0.6) is 5.75 Å². The first kappa shape index (κ1) is 47.2. The minimum Gasteiger partial charge on any atom is -0.495 e. The molecule has 4 aliphatic heterocycles. The van der Waals surface area contributed by atoms with E-state index in [9.17, 15) is 28.8 Å². The number of amides is 6. The number of carbonyl (C=O) groups is 6. The van der Waals surface area contributed by atoms with Gasteiger partial charge in [0.2, 0.25) is 17.8 Å². The van der Waals surface area contributed by atoms with Gasteiger partial charge in [-0.3, -0.25) is 39.0 Å². The number of aromatic nitrogens is 2. The number of rotatable bonds is 17. The molecule has 1 aromatic heterocycles. The topological polar surface area (TPSA) is 199 Å². The van der Waals surface area contributed by atoms with Crippen molar-refractivity contribution in [1.29, 1.82) is 0 Å². The van der Waals surface area contributed by atoms with Crippen molar-refractivity contribution in [2.45, 2.75) is 114 Å². The lowest BCUT2D eigenvalue weighted by Crippen LogP contribution is -2.54.